The third kappa shape index (κ3) is 5.76. The lowest BCUT2D eigenvalue weighted by Gasteiger charge is -2.11. The number of hydrogen-bond acceptors (Lipinski definition) is 6. The number of amides is 1. The Labute approximate surface area is 161 Å². The Hall–Kier alpha value is -2.47. The van der Waals surface area contributed by atoms with Crippen molar-refractivity contribution in [2.75, 3.05) is 17.7 Å². The number of ether oxygens (including phenoxy) is 2. The van der Waals surface area contributed by atoms with E-state index in [9.17, 15) is 22.8 Å². The molecule has 8 nitrogen and oxygen atoms in total. The van der Waals surface area contributed by atoms with E-state index in [2.05, 4.69) is 20.3 Å². The van der Waals surface area contributed by atoms with Crippen LogP contribution in [0.3, 0.4) is 0 Å². The number of aromatic nitrogens is 3. The van der Waals surface area contributed by atoms with Gasteiger partial charge in [-0.1, -0.05) is 11.8 Å². The predicted molar refractivity (Wildman–Crippen MR) is 94.3 cm³/mol. The van der Waals surface area contributed by atoms with Crippen molar-refractivity contribution in [3.63, 3.8) is 0 Å². The molecule has 0 bridgehead atoms. The lowest BCUT2D eigenvalue weighted by atomic mass is 10.2. The molecule has 0 spiro atoms. The molecule has 28 heavy (non-hydrogen) atoms. The van der Waals surface area contributed by atoms with Gasteiger partial charge in [-0.2, -0.15) is 0 Å². The van der Waals surface area contributed by atoms with Gasteiger partial charge >= 0.3 is 12.1 Å². The highest BCUT2D eigenvalue weighted by atomic mass is 32.2. The molecule has 12 heteroatoms. The third-order valence-electron chi connectivity index (χ3n) is 3.84. The molecule has 2 aromatic rings. The van der Waals surface area contributed by atoms with Gasteiger partial charge in [0.05, 0.1) is 18.4 Å². The van der Waals surface area contributed by atoms with E-state index in [-0.39, 0.29) is 23.3 Å². The minimum absolute atomic E-state index is 0.0311. The molecule has 1 aromatic heterocycles. The van der Waals surface area contributed by atoms with Crippen molar-refractivity contribution in [3.8, 4) is 5.75 Å². The fourth-order valence-electron chi connectivity index (χ4n) is 2.63. The summed E-state index contributed by atoms with van der Waals surface area (Å²) in [4.78, 5) is 23.9. The summed E-state index contributed by atoms with van der Waals surface area (Å²) < 4.78 is 47.1. The van der Waals surface area contributed by atoms with E-state index in [0.717, 1.165) is 36.7 Å². The lowest BCUT2D eigenvalue weighted by Crippen LogP contribution is -2.25. The van der Waals surface area contributed by atoms with Gasteiger partial charge < -0.3 is 14.8 Å². The number of alkyl halides is 3. The largest absolute Gasteiger partial charge is 0.573 e. The third-order valence-corrected chi connectivity index (χ3v) is 4.81. The zero-order valence-corrected chi connectivity index (χ0v) is 15.3. The van der Waals surface area contributed by atoms with E-state index < -0.39 is 12.3 Å². The maximum atomic E-state index is 12.1. The fourth-order valence-corrected chi connectivity index (χ4v) is 3.39. The molecular weight excluding hydrogens is 401 g/mol. The number of hydrogen-bond donors (Lipinski definition) is 2. The Balaban J connectivity index is 1.52. The summed E-state index contributed by atoms with van der Waals surface area (Å²) in [6.07, 6.45) is -3.03. The van der Waals surface area contributed by atoms with E-state index in [4.69, 9.17) is 4.74 Å². The zero-order valence-electron chi connectivity index (χ0n) is 14.5. The van der Waals surface area contributed by atoms with E-state index in [1.54, 1.807) is 0 Å². The van der Waals surface area contributed by atoms with Gasteiger partial charge in [0, 0.05) is 12.3 Å². The molecule has 1 unspecified atom stereocenters. The molecule has 1 aliphatic rings. The highest BCUT2D eigenvalue weighted by Crippen LogP contribution is 2.24. The molecule has 152 valence electrons. The van der Waals surface area contributed by atoms with Crippen LogP contribution in [0.5, 0.6) is 5.75 Å². The molecule has 3 rings (SSSR count). The fraction of sp³-hybridized carbons (Fsp3) is 0.438. The molecule has 0 radical (unpaired) electrons. The number of carbonyl (C=O) groups is 1. The first-order valence-corrected chi connectivity index (χ1v) is 9.34. The number of nitrogens with one attached hydrogen (secondary N) is 2. The molecule has 1 atom stereocenters. The van der Waals surface area contributed by atoms with Crippen LogP contribution < -0.4 is 15.7 Å². The Morgan fingerprint density at radius 2 is 2.14 bits per heavy atom. The molecule has 1 aliphatic heterocycles. The lowest BCUT2D eigenvalue weighted by molar-refractivity contribution is -0.274. The highest BCUT2D eigenvalue weighted by molar-refractivity contribution is 7.99. The van der Waals surface area contributed by atoms with Crippen LogP contribution in [0.1, 0.15) is 12.8 Å². The summed E-state index contributed by atoms with van der Waals surface area (Å²) in [5.41, 5.74) is -0.0578. The Kier molecular flexibility index (Phi) is 6.29. The number of halogens is 3. The van der Waals surface area contributed by atoms with Crippen LogP contribution >= 0.6 is 11.8 Å². The number of H-pyrrole nitrogens is 1. The van der Waals surface area contributed by atoms with Gasteiger partial charge in [0.1, 0.15) is 5.75 Å². The second kappa shape index (κ2) is 8.69. The topological polar surface area (TPSA) is 98.2 Å². The van der Waals surface area contributed by atoms with E-state index in [0.29, 0.717) is 24.0 Å². The van der Waals surface area contributed by atoms with Crippen molar-refractivity contribution in [3.05, 3.63) is 34.7 Å². The van der Waals surface area contributed by atoms with Crippen molar-refractivity contribution in [1.82, 2.24) is 14.8 Å². The van der Waals surface area contributed by atoms with E-state index >= 15 is 0 Å². The maximum Gasteiger partial charge on any atom is 0.573 e. The molecule has 2 heterocycles. The first-order chi connectivity index (χ1) is 13.3. The highest BCUT2D eigenvalue weighted by Gasteiger charge is 2.31. The number of rotatable bonds is 7. The zero-order chi connectivity index (χ0) is 20.1. The standard InChI is InChI=1S/C16H17F3N4O4S/c17-16(18,19)27-11-5-3-10(4-6-11)20-13(24)9-28-15-22-21-14(25)23(15)8-12-2-1-7-26-12/h3-6,12H,1-2,7-9H2,(H,20,24)(H,21,25). The van der Waals surface area contributed by atoms with Crippen LogP contribution in [0.4, 0.5) is 18.9 Å². The van der Waals surface area contributed by atoms with Gasteiger partial charge in [-0.3, -0.25) is 9.36 Å². The summed E-state index contributed by atoms with van der Waals surface area (Å²) in [5.74, 6) is -0.806. The summed E-state index contributed by atoms with van der Waals surface area (Å²) in [6.45, 7) is 1.02. The van der Waals surface area contributed by atoms with Gasteiger partial charge in [-0.15, -0.1) is 18.3 Å². The van der Waals surface area contributed by atoms with E-state index in [1.807, 2.05) is 0 Å². The number of carbonyl (C=O) groups excluding carboxylic acids is 1. The first kappa shape index (κ1) is 20.3. The second-order valence-corrected chi connectivity index (χ2v) is 6.91. The van der Waals surface area contributed by atoms with Crippen LogP contribution in [-0.4, -0.2) is 45.5 Å². The van der Waals surface area contributed by atoms with Crippen LogP contribution in [-0.2, 0) is 16.1 Å². The number of aromatic amines is 1. The Morgan fingerprint density at radius 1 is 1.39 bits per heavy atom. The molecule has 1 amide bonds. The van der Waals surface area contributed by atoms with Gasteiger partial charge in [-0.05, 0) is 37.1 Å². The van der Waals surface area contributed by atoms with Crippen molar-refractivity contribution in [1.29, 1.82) is 0 Å². The van der Waals surface area contributed by atoms with E-state index in [1.165, 1.54) is 16.7 Å². The molecule has 1 saturated heterocycles. The average molecular weight is 418 g/mol. The smallest absolute Gasteiger partial charge is 0.406 e. The average Bonchev–Trinajstić information content (AvgIpc) is 3.25. The number of nitrogens with zero attached hydrogens (tertiary/aromatic N) is 2. The molecule has 2 N–H and O–H groups in total. The summed E-state index contributed by atoms with van der Waals surface area (Å²) >= 11 is 1.07. The molecule has 0 saturated carbocycles. The van der Waals surface area contributed by atoms with Crippen LogP contribution in [0.15, 0.2) is 34.2 Å². The van der Waals surface area contributed by atoms with Gasteiger partial charge in [0.15, 0.2) is 5.16 Å². The summed E-state index contributed by atoms with van der Waals surface area (Å²) in [6, 6.07) is 4.80. The molecule has 1 fully saturated rings. The SMILES string of the molecule is O=C(CSc1n[nH]c(=O)n1CC1CCCO1)Nc1ccc(OC(F)(F)F)cc1. The second-order valence-electron chi connectivity index (χ2n) is 5.97. The molecular formula is C16H17F3N4O4S. The predicted octanol–water partition coefficient (Wildman–Crippen LogP) is 2.38. The number of anilines is 1. The summed E-state index contributed by atoms with van der Waals surface area (Å²) in [7, 11) is 0. The van der Waals surface area contributed by atoms with Crippen molar-refractivity contribution >= 4 is 23.4 Å². The van der Waals surface area contributed by atoms with Crippen molar-refractivity contribution in [2.24, 2.45) is 0 Å². The normalized spacial score (nSPS) is 16.9. The van der Waals surface area contributed by atoms with Crippen LogP contribution in [0.25, 0.3) is 0 Å². The first-order valence-electron chi connectivity index (χ1n) is 8.35. The minimum Gasteiger partial charge on any atom is -0.406 e. The minimum atomic E-state index is -4.77. The number of thioether (sulfide) groups is 1. The van der Waals surface area contributed by atoms with Gasteiger partial charge in [0.2, 0.25) is 5.91 Å². The quantitative estimate of drug-likeness (QED) is 0.670. The van der Waals surface area contributed by atoms with Crippen molar-refractivity contribution in [2.45, 2.75) is 37.0 Å². The van der Waals surface area contributed by atoms with Crippen LogP contribution in [0, 0.1) is 0 Å². The molecule has 0 aliphatic carbocycles. The summed E-state index contributed by atoms with van der Waals surface area (Å²) in [5, 5.41) is 9.19. The van der Waals surface area contributed by atoms with Crippen molar-refractivity contribution < 1.29 is 27.4 Å². The van der Waals surface area contributed by atoms with Crippen LogP contribution in [0.2, 0.25) is 0 Å². The van der Waals surface area contributed by atoms with Gasteiger partial charge in [-0.25, -0.2) is 9.89 Å². The monoisotopic (exact) mass is 418 g/mol. The Bertz CT molecular complexity index is 860. The Morgan fingerprint density at radius 3 is 2.79 bits per heavy atom. The van der Waals surface area contributed by atoms with Gasteiger partial charge in [0.25, 0.3) is 0 Å². The maximum absolute atomic E-state index is 12.1. The molecule has 1 aromatic carbocycles. The number of benzene rings is 1.